The molecule has 1 aliphatic heterocycles. The highest BCUT2D eigenvalue weighted by Crippen LogP contribution is 2.32. The van der Waals surface area contributed by atoms with Crippen molar-refractivity contribution in [1.29, 1.82) is 0 Å². The van der Waals surface area contributed by atoms with Gasteiger partial charge in [0.05, 0.1) is 30.0 Å². The van der Waals surface area contributed by atoms with Gasteiger partial charge >= 0.3 is 12.3 Å². The van der Waals surface area contributed by atoms with Gasteiger partial charge in [-0.25, -0.2) is 4.79 Å². The Labute approximate surface area is 184 Å². The zero-order valence-electron chi connectivity index (χ0n) is 18.4. The fourth-order valence-electron chi connectivity index (χ4n) is 3.07. The van der Waals surface area contributed by atoms with E-state index < -0.39 is 47.4 Å². The van der Waals surface area contributed by atoms with Crippen LogP contribution >= 0.6 is 0 Å². The van der Waals surface area contributed by atoms with Crippen molar-refractivity contribution in [3.63, 3.8) is 0 Å². The summed E-state index contributed by atoms with van der Waals surface area (Å²) in [7, 11) is 0. The Morgan fingerprint density at radius 1 is 1.03 bits per heavy atom. The zero-order valence-corrected chi connectivity index (χ0v) is 18.4. The maximum atomic E-state index is 13.1. The Kier molecular flexibility index (Phi) is 8.48. The van der Waals surface area contributed by atoms with E-state index in [9.17, 15) is 27.6 Å². The second kappa shape index (κ2) is 10.7. The van der Waals surface area contributed by atoms with E-state index in [1.165, 1.54) is 0 Å². The molecule has 1 aromatic rings. The van der Waals surface area contributed by atoms with E-state index in [4.69, 9.17) is 4.74 Å². The van der Waals surface area contributed by atoms with Crippen molar-refractivity contribution in [3.05, 3.63) is 29.3 Å². The highest BCUT2D eigenvalue weighted by molar-refractivity contribution is 6.04. The number of hydrogen-bond acceptors (Lipinski definition) is 5. The Morgan fingerprint density at radius 3 is 2.28 bits per heavy atom. The highest BCUT2D eigenvalue weighted by atomic mass is 19.4. The third-order valence-corrected chi connectivity index (χ3v) is 4.59. The molecule has 0 bridgehead atoms. The number of hydrogen-bond donors (Lipinski definition) is 3. The molecule has 2 rings (SSSR count). The van der Waals surface area contributed by atoms with Gasteiger partial charge in [0.2, 0.25) is 5.91 Å². The molecule has 1 aromatic carbocycles. The summed E-state index contributed by atoms with van der Waals surface area (Å²) in [6.45, 7) is 6.52. The van der Waals surface area contributed by atoms with Crippen LogP contribution in [0.3, 0.4) is 0 Å². The van der Waals surface area contributed by atoms with Gasteiger partial charge in [-0.05, 0) is 64.9 Å². The standard InChI is InChI=1S/C21H29F3N4O4/c1-20(2,3)32-19(31)27-16-8-7-14(21(22,23)24)11-15(16)18(30)25-12-17(29)26-13-28-9-5-4-6-10-28/h7-8,11H,4-6,9-10,12-13H2,1-3H3,(H,25,30)(H,26,29)(H,27,31). The van der Waals surface area contributed by atoms with Gasteiger partial charge in [-0.15, -0.1) is 0 Å². The van der Waals surface area contributed by atoms with Crippen molar-refractivity contribution in [2.75, 3.05) is 31.6 Å². The first kappa shape index (κ1) is 25.4. The van der Waals surface area contributed by atoms with E-state index in [0.29, 0.717) is 12.7 Å². The topological polar surface area (TPSA) is 99.8 Å². The summed E-state index contributed by atoms with van der Waals surface area (Å²) in [4.78, 5) is 38.7. The molecule has 0 saturated carbocycles. The minimum absolute atomic E-state index is 0.168. The number of benzene rings is 1. The molecule has 0 aliphatic carbocycles. The van der Waals surface area contributed by atoms with E-state index in [1.54, 1.807) is 20.8 Å². The smallest absolute Gasteiger partial charge is 0.416 e. The number of likely N-dealkylation sites (tertiary alicyclic amines) is 1. The number of nitrogens with zero attached hydrogens (tertiary/aromatic N) is 1. The summed E-state index contributed by atoms with van der Waals surface area (Å²) in [5, 5.41) is 7.25. The van der Waals surface area contributed by atoms with Gasteiger partial charge in [-0.1, -0.05) is 6.42 Å². The SMILES string of the molecule is CC(C)(C)OC(=O)Nc1ccc(C(F)(F)F)cc1C(=O)NCC(=O)NCN1CCCCC1. The number of halogens is 3. The second-order valence-electron chi connectivity index (χ2n) is 8.50. The maximum Gasteiger partial charge on any atom is 0.416 e. The summed E-state index contributed by atoms with van der Waals surface area (Å²) in [6.07, 6.45) is -2.36. The van der Waals surface area contributed by atoms with Gasteiger partial charge in [-0.3, -0.25) is 19.8 Å². The van der Waals surface area contributed by atoms with Crippen molar-refractivity contribution in [2.24, 2.45) is 0 Å². The van der Waals surface area contributed by atoms with Gasteiger partial charge in [0.1, 0.15) is 5.60 Å². The Morgan fingerprint density at radius 2 is 1.69 bits per heavy atom. The molecule has 32 heavy (non-hydrogen) atoms. The lowest BCUT2D eigenvalue weighted by Gasteiger charge is -2.26. The Hall–Kier alpha value is -2.82. The van der Waals surface area contributed by atoms with Crippen molar-refractivity contribution < 1.29 is 32.3 Å². The molecule has 0 atom stereocenters. The number of carbonyl (C=O) groups excluding carboxylic acids is 3. The van der Waals surface area contributed by atoms with Crippen molar-refractivity contribution in [1.82, 2.24) is 15.5 Å². The molecular weight excluding hydrogens is 429 g/mol. The molecule has 1 heterocycles. The lowest BCUT2D eigenvalue weighted by Crippen LogP contribution is -2.44. The second-order valence-corrected chi connectivity index (χ2v) is 8.50. The number of nitrogens with one attached hydrogen (secondary N) is 3. The Bertz CT molecular complexity index is 831. The molecule has 0 spiro atoms. The predicted octanol–water partition coefficient (Wildman–Crippen LogP) is 3.34. The molecule has 3 amide bonds. The van der Waals surface area contributed by atoms with Gasteiger partial charge in [0.15, 0.2) is 0 Å². The lowest BCUT2D eigenvalue weighted by molar-refractivity contribution is -0.137. The van der Waals surface area contributed by atoms with Crippen LogP contribution < -0.4 is 16.0 Å². The fraction of sp³-hybridized carbons (Fsp3) is 0.571. The van der Waals surface area contributed by atoms with Crippen LogP contribution in [0.1, 0.15) is 56.0 Å². The van der Waals surface area contributed by atoms with Crippen LogP contribution in [0.2, 0.25) is 0 Å². The van der Waals surface area contributed by atoms with Gasteiger partial charge < -0.3 is 15.4 Å². The molecule has 0 unspecified atom stereocenters. The van der Waals surface area contributed by atoms with Crippen LogP contribution in [-0.4, -0.2) is 54.7 Å². The largest absolute Gasteiger partial charge is 0.444 e. The van der Waals surface area contributed by atoms with Crippen LogP contribution in [-0.2, 0) is 15.7 Å². The maximum absolute atomic E-state index is 13.1. The summed E-state index contributed by atoms with van der Waals surface area (Å²) < 4.78 is 44.5. The number of alkyl halides is 3. The molecule has 8 nitrogen and oxygen atoms in total. The van der Waals surface area contributed by atoms with Gasteiger partial charge in [0, 0.05) is 0 Å². The third-order valence-electron chi connectivity index (χ3n) is 4.59. The minimum atomic E-state index is -4.69. The summed E-state index contributed by atoms with van der Waals surface area (Å²) in [6, 6.07) is 2.33. The molecule has 1 fully saturated rings. The summed E-state index contributed by atoms with van der Waals surface area (Å²) in [5.41, 5.74) is -2.51. The van der Waals surface area contributed by atoms with E-state index in [-0.39, 0.29) is 5.69 Å². The highest BCUT2D eigenvalue weighted by Gasteiger charge is 2.32. The number of anilines is 1. The van der Waals surface area contributed by atoms with Crippen molar-refractivity contribution in [2.45, 2.75) is 51.8 Å². The van der Waals surface area contributed by atoms with Gasteiger partial charge in [-0.2, -0.15) is 13.2 Å². The van der Waals surface area contributed by atoms with Crippen LogP contribution in [0.15, 0.2) is 18.2 Å². The number of piperidine rings is 1. The first-order valence-corrected chi connectivity index (χ1v) is 10.3. The minimum Gasteiger partial charge on any atom is -0.444 e. The average molecular weight is 458 g/mol. The van der Waals surface area contributed by atoms with Crippen molar-refractivity contribution >= 4 is 23.6 Å². The molecule has 1 aliphatic rings. The van der Waals surface area contributed by atoms with E-state index >= 15 is 0 Å². The molecule has 1 saturated heterocycles. The number of amides is 3. The van der Waals surface area contributed by atoms with Crippen molar-refractivity contribution in [3.8, 4) is 0 Å². The quantitative estimate of drug-likeness (QED) is 0.607. The first-order valence-electron chi connectivity index (χ1n) is 10.3. The first-order chi connectivity index (χ1) is 14.8. The third kappa shape index (κ3) is 8.37. The number of ether oxygens (including phenoxy) is 1. The van der Waals surface area contributed by atoms with Crippen LogP contribution in [0.25, 0.3) is 0 Å². The molecule has 11 heteroatoms. The van der Waals surface area contributed by atoms with E-state index in [0.717, 1.165) is 44.5 Å². The van der Waals surface area contributed by atoms with E-state index in [1.807, 2.05) is 0 Å². The monoisotopic (exact) mass is 458 g/mol. The Balaban J connectivity index is 2.05. The average Bonchev–Trinajstić information content (AvgIpc) is 2.69. The van der Waals surface area contributed by atoms with Crippen LogP contribution in [0.5, 0.6) is 0 Å². The van der Waals surface area contributed by atoms with Gasteiger partial charge in [0.25, 0.3) is 5.91 Å². The summed E-state index contributed by atoms with van der Waals surface area (Å²) in [5.74, 6) is -1.41. The predicted molar refractivity (Wildman–Crippen MR) is 112 cm³/mol. The lowest BCUT2D eigenvalue weighted by atomic mass is 10.1. The molecule has 3 N–H and O–H groups in total. The molecular formula is C21H29F3N4O4. The number of rotatable bonds is 6. The van der Waals surface area contributed by atoms with Crippen LogP contribution in [0, 0.1) is 0 Å². The van der Waals surface area contributed by atoms with Crippen LogP contribution in [0.4, 0.5) is 23.7 Å². The fourth-order valence-corrected chi connectivity index (χ4v) is 3.07. The van der Waals surface area contributed by atoms with E-state index in [2.05, 4.69) is 20.9 Å². The molecule has 0 radical (unpaired) electrons. The normalized spacial score (nSPS) is 15.1. The molecule has 178 valence electrons. The molecule has 0 aromatic heterocycles. The zero-order chi connectivity index (χ0) is 23.9. The number of carbonyl (C=O) groups is 3. The summed E-state index contributed by atoms with van der Waals surface area (Å²) >= 11 is 0.